The number of amides is 2. The highest BCUT2D eigenvalue weighted by Gasteiger charge is 2.15. The average molecular weight is 433 g/mol. The van der Waals surface area contributed by atoms with Crippen LogP contribution in [0.4, 0.5) is 10.1 Å². The van der Waals surface area contributed by atoms with Gasteiger partial charge in [-0.3, -0.25) is 9.59 Å². The van der Waals surface area contributed by atoms with Crippen LogP contribution in [0.5, 0.6) is 5.75 Å². The van der Waals surface area contributed by atoms with Crippen molar-refractivity contribution in [1.82, 2.24) is 5.43 Å². The zero-order chi connectivity index (χ0) is 22.7. The molecule has 0 radical (unpaired) electrons. The van der Waals surface area contributed by atoms with Crippen LogP contribution in [-0.4, -0.2) is 24.6 Å². The van der Waals surface area contributed by atoms with Gasteiger partial charge < -0.3 is 14.5 Å². The van der Waals surface area contributed by atoms with Gasteiger partial charge in [-0.2, -0.15) is 5.10 Å². The lowest BCUT2D eigenvalue weighted by atomic mass is 10.1. The number of carbonyl (C=O) groups is 2. The van der Waals surface area contributed by atoms with Gasteiger partial charge in [0, 0.05) is 22.6 Å². The molecule has 0 bridgehead atoms. The molecule has 2 amide bonds. The van der Waals surface area contributed by atoms with Crippen LogP contribution in [0.3, 0.4) is 0 Å². The number of para-hydroxylation sites is 1. The second-order valence-corrected chi connectivity index (χ2v) is 7.14. The lowest BCUT2D eigenvalue weighted by molar-refractivity contribution is -0.115. The number of nitrogens with zero attached hydrogens (tertiary/aromatic N) is 1. The number of carbonyl (C=O) groups excluding carboxylic acids is 2. The van der Waals surface area contributed by atoms with Crippen molar-refractivity contribution in [2.45, 2.75) is 13.3 Å². The molecule has 0 aliphatic rings. The normalized spacial score (nSPS) is 11.5. The van der Waals surface area contributed by atoms with Gasteiger partial charge in [-0.25, -0.2) is 9.82 Å². The van der Waals surface area contributed by atoms with E-state index in [2.05, 4.69) is 15.8 Å². The average Bonchev–Trinajstić information content (AvgIpc) is 3.14. The van der Waals surface area contributed by atoms with Crippen molar-refractivity contribution >= 4 is 45.2 Å². The molecule has 0 aliphatic heterocycles. The minimum Gasteiger partial charge on any atom is -0.495 e. The molecule has 162 valence electrons. The van der Waals surface area contributed by atoms with E-state index >= 15 is 0 Å². The molecule has 3 aromatic carbocycles. The monoisotopic (exact) mass is 433 g/mol. The highest BCUT2D eigenvalue weighted by molar-refractivity contribution is 6.10. The summed E-state index contributed by atoms with van der Waals surface area (Å²) in [6, 6.07) is 16.7. The lowest BCUT2D eigenvalue weighted by Crippen LogP contribution is -2.22. The summed E-state index contributed by atoms with van der Waals surface area (Å²) in [4.78, 5) is 24.6. The Morgan fingerprint density at radius 3 is 2.56 bits per heavy atom. The van der Waals surface area contributed by atoms with Crippen LogP contribution < -0.4 is 15.5 Å². The number of benzene rings is 3. The molecular formula is C24H20FN3O4. The predicted molar refractivity (Wildman–Crippen MR) is 120 cm³/mol. The number of furan rings is 1. The lowest BCUT2D eigenvalue weighted by Gasteiger charge is -2.10. The van der Waals surface area contributed by atoms with E-state index in [9.17, 15) is 14.0 Å². The Balaban J connectivity index is 1.47. The van der Waals surface area contributed by atoms with Gasteiger partial charge in [0.05, 0.1) is 24.8 Å². The fourth-order valence-corrected chi connectivity index (χ4v) is 3.34. The summed E-state index contributed by atoms with van der Waals surface area (Å²) < 4.78 is 25.0. The minimum atomic E-state index is -0.695. The van der Waals surface area contributed by atoms with Crippen LogP contribution in [0.2, 0.25) is 0 Å². The number of anilines is 1. The number of hydrogen-bond acceptors (Lipinski definition) is 5. The second-order valence-electron chi connectivity index (χ2n) is 7.14. The van der Waals surface area contributed by atoms with Crippen LogP contribution in [0.1, 0.15) is 23.7 Å². The zero-order valence-electron chi connectivity index (χ0n) is 17.4. The first-order valence-corrected chi connectivity index (χ1v) is 9.83. The SMILES string of the molecule is COc1cc2c(cc1NC(=O)CC(C)=NNC(=O)c1ccccc1F)oc1ccccc12. The van der Waals surface area contributed by atoms with Gasteiger partial charge in [0.25, 0.3) is 5.91 Å². The number of methoxy groups -OCH3 is 1. The third kappa shape index (κ3) is 4.29. The zero-order valence-corrected chi connectivity index (χ0v) is 17.4. The molecule has 7 nitrogen and oxygen atoms in total. The van der Waals surface area contributed by atoms with Crippen LogP contribution in [0.25, 0.3) is 21.9 Å². The van der Waals surface area contributed by atoms with E-state index in [1.54, 1.807) is 19.1 Å². The molecule has 0 atom stereocenters. The van der Waals surface area contributed by atoms with Gasteiger partial charge in [0.1, 0.15) is 22.7 Å². The Bertz CT molecular complexity index is 1360. The van der Waals surface area contributed by atoms with Crippen molar-refractivity contribution < 1.29 is 23.1 Å². The topological polar surface area (TPSA) is 92.9 Å². The summed E-state index contributed by atoms with van der Waals surface area (Å²) in [6.07, 6.45) is -0.0845. The van der Waals surface area contributed by atoms with Crippen LogP contribution in [0, 0.1) is 5.82 Å². The van der Waals surface area contributed by atoms with Gasteiger partial charge in [-0.15, -0.1) is 0 Å². The van der Waals surface area contributed by atoms with E-state index in [1.807, 2.05) is 30.3 Å². The maximum absolute atomic E-state index is 13.7. The standard InChI is InChI=1S/C24H20FN3O4/c1-14(27-28-24(30)16-8-3-5-9-18(16)25)11-23(29)26-19-13-21-17(12-22(19)31-2)15-7-4-6-10-20(15)32-21/h3-10,12-13H,11H2,1-2H3,(H,26,29)(H,28,30). The smallest absolute Gasteiger partial charge is 0.274 e. The Hall–Kier alpha value is -4.20. The van der Waals surface area contributed by atoms with Gasteiger partial charge >= 0.3 is 0 Å². The van der Waals surface area contributed by atoms with Crippen molar-refractivity contribution in [3.8, 4) is 5.75 Å². The first kappa shape index (κ1) is 21.0. The summed E-state index contributed by atoms with van der Waals surface area (Å²) in [5, 5.41) is 8.49. The Kier molecular flexibility index (Phi) is 5.85. The molecule has 4 rings (SSSR count). The molecule has 0 saturated heterocycles. The van der Waals surface area contributed by atoms with Gasteiger partial charge in [0.15, 0.2) is 0 Å². The number of ether oxygens (including phenoxy) is 1. The first-order chi connectivity index (χ1) is 15.5. The summed E-state index contributed by atoms with van der Waals surface area (Å²) in [7, 11) is 1.52. The number of hydrazone groups is 1. The van der Waals surface area contributed by atoms with E-state index in [0.29, 0.717) is 22.7 Å². The molecular weight excluding hydrogens is 413 g/mol. The summed E-state index contributed by atoms with van der Waals surface area (Å²) >= 11 is 0. The largest absolute Gasteiger partial charge is 0.495 e. The Labute approximate surface area is 182 Å². The fraction of sp³-hybridized carbons (Fsp3) is 0.125. The maximum Gasteiger partial charge on any atom is 0.274 e. The van der Waals surface area contributed by atoms with Crippen molar-refractivity contribution in [2.75, 3.05) is 12.4 Å². The molecule has 0 spiro atoms. The first-order valence-electron chi connectivity index (χ1n) is 9.83. The molecule has 8 heteroatoms. The van der Waals surface area contributed by atoms with Crippen molar-refractivity contribution in [3.05, 3.63) is 72.0 Å². The molecule has 1 aromatic heterocycles. The third-order valence-electron chi connectivity index (χ3n) is 4.86. The van der Waals surface area contributed by atoms with Gasteiger partial charge in [-0.1, -0.05) is 30.3 Å². The summed E-state index contributed by atoms with van der Waals surface area (Å²) in [6.45, 7) is 1.58. The second kappa shape index (κ2) is 8.89. The molecule has 4 aromatic rings. The highest BCUT2D eigenvalue weighted by Crippen LogP contribution is 2.36. The van der Waals surface area contributed by atoms with Crippen molar-refractivity contribution in [1.29, 1.82) is 0 Å². The molecule has 0 aliphatic carbocycles. The number of fused-ring (bicyclic) bond motifs is 3. The van der Waals surface area contributed by atoms with Crippen molar-refractivity contribution in [2.24, 2.45) is 5.10 Å². The molecule has 1 heterocycles. The molecule has 2 N–H and O–H groups in total. The minimum absolute atomic E-state index is 0.0845. The predicted octanol–water partition coefficient (Wildman–Crippen LogP) is 4.87. The Morgan fingerprint density at radius 2 is 1.78 bits per heavy atom. The van der Waals surface area contributed by atoms with Crippen LogP contribution >= 0.6 is 0 Å². The van der Waals surface area contributed by atoms with E-state index in [0.717, 1.165) is 16.4 Å². The van der Waals surface area contributed by atoms with E-state index in [-0.39, 0.29) is 17.9 Å². The molecule has 0 saturated carbocycles. The summed E-state index contributed by atoms with van der Waals surface area (Å²) in [5.41, 5.74) is 4.28. The number of rotatable bonds is 6. The number of nitrogens with one attached hydrogen (secondary N) is 2. The number of halogens is 1. The third-order valence-corrected chi connectivity index (χ3v) is 4.86. The van der Waals surface area contributed by atoms with E-state index in [1.165, 1.54) is 25.3 Å². The molecule has 0 unspecified atom stereocenters. The van der Waals surface area contributed by atoms with Gasteiger partial charge in [0.2, 0.25) is 5.91 Å². The van der Waals surface area contributed by atoms with Gasteiger partial charge in [-0.05, 0) is 31.2 Å². The fourth-order valence-electron chi connectivity index (χ4n) is 3.34. The molecule has 32 heavy (non-hydrogen) atoms. The van der Waals surface area contributed by atoms with E-state index < -0.39 is 11.7 Å². The Morgan fingerprint density at radius 1 is 1.03 bits per heavy atom. The number of hydrogen-bond donors (Lipinski definition) is 2. The van der Waals surface area contributed by atoms with Crippen LogP contribution in [-0.2, 0) is 4.79 Å². The highest BCUT2D eigenvalue weighted by atomic mass is 19.1. The maximum atomic E-state index is 13.7. The van der Waals surface area contributed by atoms with Crippen LogP contribution in [0.15, 0.2) is 70.2 Å². The quantitative estimate of drug-likeness (QED) is 0.335. The van der Waals surface area contributed by atoms with Crippen molar-refractivity contribution in [3.63, 3.8) is 0 Å². The summed E-state index contributed by atoms with van der Waals surface area (Å²) in [5.74, 6) is -1.22. The van der Waals surface area contributed by atoms with E-state index in [4.69, 9.17) is 9.15 Å². The molecule has 0 fully saturated rings.